The molecule has 0 spiro atoms. The SMILES string of the molecule is CC(C)(C)OC(=O)N=S(C)(=O)c1ccccc1N. The van der Waals surface area contributed by atoms with Crippen molar-refractivity contribution in [3.05, 3.63) is 24.3 Å². The molecule has 100 valence electrons. The Bertz CT molecular complexity index is 567. The van der Waals surface area contributed by atoms with E-state index in [1.807, 2.05) is 0 Å². The number of anilines is 1. The topological polar surface area (TPSA) is 81.8 Å². The number of nitrogens with two attached hydrogens (primary N) is 1. The molecule has 1 atom stereocenters. The van der Waals surface area contributed by atoms with Gasteiger partial charge < -0.3 is 10.5 Å². The normalized spacial score (nSPS) is 14.7. The molecule has 1 aromatic carbocycles. The van der Waals surface area contributed by atoms with Gasteiger partial charge in [-0.15, -0.1) is 4.36 Å². The largest absolute Gasteiger partial charge is 0.442 e. The van der Waals surface area contributed by atoms with Gasteiger partial charge in [0.2, 0.25) is 0 Å². The van der Waals surface area contributed by atoms with Crippen molar-refractivity contribution in [3.63, 3.8) is 0 Å². The molecule has 0 radical (unpaired) electrons. The van der Waals surface area contributed by atoms with E-state index in [0.29, 0.717) is 10.6 Å². The minimum Gasteiger partial charge on any atom is -0.442 e. The molecule has 0 aliphatic carbocycles. The van der Waals surface area contributed by atoms with Gasteiger partial charge in [0.1, 0.15) is 5.60 Å². The second-order valence-corrected chi connectivity index (χ2v) is 7.14. The number of para-hydroxylation sites is 1. The lowest BCUT2D eigenvalue weighted by atomic mass is 10.2. The van der Waals surface area contributed by atoms with Crippen LogP contribution < -0.4 is 5.73 Å². The first-order valence-corrected chi connectivity index (χ1v) is 7.34. The number of carbonyl (C=O) groups excluding carboxylic acids is 1. The summed E-state index contributed by atoms with van der Waals surface area (Å²) < 4.78 is 21.0. The summed E-state index contributed by atoms with van der Waals surface area (Å²) in [5.41, 5.74) is 5.39. The van der Waals surface area contributed by atoms with Gasteiger partial charge in [-0.1, -0.05) is 12.1 Å². The Morgan fingerprint density at radius 2 is 1.89 bits per heavy atom. The Morgan fingerprint density at radius 3 is 2.39 bits per heavy atom. The molecule has 1 unspecified atom stereocenters. The Hall–Kier alpha value is -1.56. The molecule has 2 N–H and O–H groups in total. The number of nitrogen functional groups attached to an aromatic ring is 1. The van der Waals surface area contributed by atoms with Crippen molar-refractivity contribution in [2.75, 3.05) is 12.0 Å². The minimum atomic E-state index is -2.89. The van der Waals surface area contributed by atoms with E-state index in [1.54, 1.807) is 45.0 Å². The summed E-state index contributed by atoms with van der Waals surface area (Å²) in [6.45, 7) is 5.15. The molecule has 1 rings (SSSR count). The number of amides is 1. The number of hydrogen-bond donors (Lipinski definition) is 1. The molecule has 0 bridgehead atoms. The first-order valence-electron chi connectivity index (χ1n) is 5.41. The lowest BCUT2D eigenvalue weighted by Crippen LogP contribution is -2.22. The highest BCUT2D eigenvalue weighted by atomic mass is 32.2. The summed E-state index contributed by atoms with van der Waals surface area (Å²) in [6, 6.07) is 6.62. The van der Waals surface area contributed by atoms with Crippen LogP contribution in [0.2, 0.25) is 0 Å². The monoisotopic (exact) mass is 270 g/mol. The molecule has 1 aromatic rings. The second-order valence-electron chi connectivity index (χ2n) is 4.91. The van der Waals surface area contributed by atoms with Gasteiger partial charge in [0.05, 0.1) is 14.6 Å². The van der Waals surface area contributed by atoms with Crippen LogP contribution in [0.1, 0.15) is 20.8 Å². The van der Waals surface area contributed by atoms with Gasteiger partial charge in [-0.25, -0.2) is 9.00 Å². The predicted molar refractivity (Wildman–Crippen MR) is 71.8 cm³/mol. The third-order valence-electron chi connectivity index (χ3n) is 1.97. The van der Waals surface area contributed by atoms with Crippen molar-refractivity contribution in [1.29, 1.82) is 0 Å². The standard InChI is InChI=1S/C12H18N2O3S/c1-12(2,3)17-11(15)14-18(4,16)10-8-6-5-7-9(10)13/h5-8H,13H2,1-4H3. The van der Waals surface area contributed by atoms with Crippen LogP contribution in [-0.4, -0.2) is 22.2 Å². The fourth-order valence-electron chi connectivity index (χ4n) is 1.30. The highest BCUT2D eigenvalue weighted by molar-refractivity contribution is 7.93. The molecule has 0 fully saturated rings. The molecular weight excluding hydrogens is 252 g/mol. The third kappa shape index (κ3) is 4.03. The molecule has 0 saturated carbocycles. The molecule has 0 aliphatic rings. The maximum atomic E-state index is 12.4. The van der Waals surface area contributed by atoms with Gasteiger partial charge in [0.15, 0.2) is 0 Å². The lowest BCUT2D eigenvalue weighted by molar-refractivity contribution is 0.0607. The summed E-state index contributed by atoms with van der Waals surface area (Å²) >= 11 is 0. The van der Waals surface area contributed by atoms with E-state index in [0.717, 1.165) is 0 Å². The Labute approximate surface area is 108 Å². The zero-order chi connectivity index (χ0) is 14.0. The van der Waals surface area contributed by atoms with Gasteiger partial charge >= 0.3 is 6.09 Å². The van der Waals surface area contributed by atoms with E-state index in [4.69, 9.17) is 10.5 Å². The van der Waals surface area contributed by atoms with Gasteiger partial charge in [-0.3, -0.25) is 0 Å². The fraction of sp³-hybridized carbons (Fsp3) is 0.417. The van der Waals surface area contributed by atoms with Crippen molar-refractivity contribution in [1.82, 2.24) is 0 Å². The van der Waals surface area contributed by atoms with Gasteiger partial charge in [0, 0.05) is 11.9 Å². The first kappa shape index (κ1) is 14.5. The van der Waals surface area contributed by atoms with Crippen molar-refractivity contribution in [3.8, 4) is 0 Å². The van der Waals surface area contributed by atoms with Crippen LogP contribution in [0.15, 0.2) is 33.5 Å². The number of ether oxygens (including phenoxy) is 1. The summed E-state index contributed by atoms with van der Waals surface area (Å²) in [5.74, 6) is 0. The van der Waals surface area contributed by atoms with Crippen LogP contribution in [0.3, 0.4) is 0 Å². The maximum absolute atomic E-state index is 12.4. The van der Waals surface area contributed by atoms with E-state index in [-0.39, 0.29) is 0 Å². The number of rotatable bonds is 1. The molecule has 0 saturated heterocycles. The van der Waals surface area contributed by atoms with Crippen molar-refractivity contribution in [2.24, 2.45) is 4.36 Å². The minimum absolute atomic E-state index is 0.343. The maximum Gasteiger partial charge on any atom is 0.442 e. The van der Waals surface area contributed by atoms with E-state index in [1.165, 1.54) is 6.26 Å². The van der Waals surface area contributed by atoms with Gasteiger partial charge in [0.25, 0.3) is 0 Å². The molecule has 6 heteroatoms. The van der Waals surface area contributed by atoms with Gasteiger partial charge in [-0.2, -0.15) is 0 Å². The van der Waals surface area contributed by atoms with Crippen molar-refractivity contribution >= 4 is 21.5 Å². The van der Waals surface area contributed by atoms with Crippen LogP contribution in [-0.2, 0) is 14.5 Å². The number of carbonyl (C=O) groups is 1. The molecular formula is C12H18N2O3S. The molecule has 0 heterocycles. The molecule has 18 heavy (non-hydrogen) atoms. The van der Waals surface area contributed by atoms with E-state index in [9.17, 15) is 9.00 Å². The Balaban J connectivity index is 3.12. The van der Waals surface area contributed by atoms with Crippen LogP contribution in [0.25, 0.3) is 0 Å². The summed E-state index contributed by atoms with van der Waals surface area (Å²) in [7, 11) is -2.89. The van der Waals surface area contributed by atoms with Crippen molar-refractivity contribution < 1.29 is 13.7 Å². The summed E-state index contributed by atoms with van der Waals surface area (Å²) in [4.78, 5) is 11.9. The number of benzene rings is 1. The Morgan fingerprint density at radius 1 is 1.33 bits per heavy atom. The highest BCUT2D eigenvalue weighted by Crippen LogP contribution is 2.20. The quantitative estimate of drug-likeness (QED) is 0.795. The van der Waals surface area contributed by atoms with E-state index >= 15 is 0 Å². The first-order chi connectivity index (χ1) is 8.12. The second kappa shape index (κ2) is 4.97. The van der Waals surface area contributed by atoms with Crippen LogP contribution in [0, 0.1) is 0 Å². The average molecular weight is 270 g/mol. The van der Waals surface area contributed by atoms with Crippen LogP contribution >= 0.6 is 0 Å². The third-order valence-corrected chi connectivity index (χ3v) is 3.65. The average Bonchev–Trinajstić information content (AvgIpc) is 2.13. The predicted octanol–water partition coefficient (Wildman–Crippen LogP) is 2.66. The number of hydrogen-bond acceptors (Lipinski definition) is 4. The molecule has 0 aliphatic heterocycles. The zero-order valence-electron chi connectivity index (χ0n) is 11.0. The van der Waals surface area contributed by atoms with Crippen molar-refractivity contribution in [2.45, 2.75) is 31.3 Å². The van der Waals surface area contributed by atoms with Crippen LogP contribution in [0.5, 0.6) is 0 Å². The Kier molecular flexibility index (Phi) is 4.01. The lowest BCUT2D eigenvalue weighted by Gasteiger charge is -2.17. The number of nitrogens with zero attached hydrogens (tertiary/aromatic N) is 1. The zero-order valence-corrected chi connectivity index (χ0v) is 11.8. The fourth-order valence-corrected chi connectivity index (χ4v) is 2.55. The molecule has 5 nitrogen and oxygen atoms in total. The smallest absolute Gasteiger partial charge is 0.442 e. The van der Waals surface area contributed by atoms with E-state index < -0.39 is 21.4 Å². The molecule has 1 amide bonds. The van der Waals surface area contributed by atoms with E-state index in [2.05, 4.69) is 4.36 Å². The summed E-state index contributed by atoms with van der Waals surface area (Å²) in [5, 5.41) is 0. The van der Waals surface area contributed by atoms with Crippen LogP contribution in [0.4, 0.5) is 10.5 Å². The summed E-state index contributed by atoms with van der Waals surface area (Å²) in [6.07, 6.45) is 0.515. The molecule has 0 aromatic heterocycles. The highest BCUT2D eigenvalue weighted by Gasteiger charge is 2.18. The van der Waals surface area contributed by atoms with Gasteiger partial charge in [-0.05, 0) is 32.9 Å².